The molecule has 0 spiro atoms. The first kappa shape index (κ1) is 17.9. The number of nitrogens with zero attached hydrogens (tertiary/aromatic N) is 4. The predicted octanol–water partition coefficient (Wildman–Crippen LogP) is 5.58. The molecule has 0 amide bonds. The number of aromatic nitrogens is 2. The summed E-state index contributed by atoms with van der Waals surface area (Å²) in [6.07, 6.45) is 8.43. The maximum absolute atomic E-state index is 4.37. The minimum atomic E-state index is 1.15. The molecule has 5 aromatic rings. The van der Waals surface area contributed by atoms with E-state index in [0.717, 1.165) is 11.4 Å². The third kappa shape index (κ3) is 2.42. The zero-order valence-corrected chi connectivity index (χ0v) is 17.9. The molecular formula is C27H23N4+. The lowest BCUT2D eigenvalue weighted by Crippen LogP contribution is -2.24. The number of aliphatic imine (C=N–C) groups is 1. The molecule has 0 bridgehead atoms. The Kier molecular flexibility index (Phi) is 3.78. The number of hydrogen-bond donors (Lipinski definition) is 0. The van der Waals surface area contributed by atoms with Crippen molar-refractivity contribution in [3.8, 4) is 11.1 Å². The molecule has 1 aliphatic heterocycles. The lowest BCUT2D eigenvalue weighted by Gasteiger charge is -2.32. The van der Waals surface area contributed by atoms with Crippen molar-refractivity contribution in [2.75, 3.05) is 11.9 Å². The molecule has 4 heteroatoms. The Morgan fingerprint density at radius 2 is 1.58 bits per heavy atom. The van der Waals surface area contributed by atoms with Gasteiger partial charge in [0.05, 0.1) is 24.8 Å². The quantitative estimate of drug-likeness (QED) is 0.155. The van der Waals surface area contributed by atoms with Gasteiger partial charge in [-0.1, -0.05) is 48.5 Å². The van der Waals surface area contributed by atoms with Gasteiger partial charge in [0, 0.05) is 35.0 Å². The van der Waals surface area contributed by atoms with Gasteiger partial charge < -0.3 is 4.90 Å². The minimum Gasteiger partial charge on any atom is -0.300 e. The van der Waals surface area contributed by atoms with Crippen LogP contribution >= 0.6 is 0 Å². The van der Waals surface area contributed by atoms with E-state index in [0.29, 0.717) is 0 Å². The number of rotatable bonds is 1. The van der Waals surface area contributed by atoms with Crippen LogP contribution in [0, 0.1) is 0 Å². The van der Waals surface area contributed by atoms with E-state index in [2.05, 4.69) is 112 Å². The third-order valence-corrected chi connectivity index (χ3v) is 6.27. The van der Waals surface area contributed by atoms with E-state index in [4.69, 9.17) is 0 Å². The van der Waals surface area contributed by atoms with Crippen LogP contribution in [-0.2, 0) is 7.05 Å². The first-order chi connectivity index (χ1) is 15.2. The molecule has 0 saturated heterocycles. The Hall–Kier alpha value is -3.92. The molecule has 31 heavy (non-hydrogen) atoms. The van der Waals surface area contributed by atoms with E-state index < -0.39 is 0 Å². The largest absolute Gasteiger partial charge is 0.300 e. The topological polar surface area (TPSA) is 23.9 Å². The molecule has 0 atom stereocenters. The lowest BCUT2D eigenvalue weighted by molar-refractivity contribution is -0.669. The first-order valence-electron chi connectivity index (χ1n) is 10.5. The molecule has 6 rings (SSSR count). The van der Waals surface area contributed by atoms with Crippen molar-refractivity contribution in [1.29, 1.82) is 0 Å². The van der Waals surface area contributed by atoms with Gasteiger partial charge >= 0.3 is 0 Å². The summed E-state index contributed by atoms with van der Waals surface area (Å²) in [5, 5.41) is 3.79. The monoisotopic (exact) mass is 403 g/mol. The minimum absolute atomic E-state index is 1.15. The van der Waals surface area contributed by atoms with Crippen LogP contribution in [0.25, 0.3) is 44.0 Å². The number of hydrogen-bond acceptors (Lipinski definition) is 1. The van der Waals surface area contributed by atoms with Crippen molar-refractivity contribution in [3.63, 3.8) is 0 Å². The molecule has 1 aliphatic rings. The summed E-state index contributed by atoms with van der Waals surface area (Å²) in [6, 6.07) is 22.0. The Morgan fingerprint density at radius 3 is 2.35 bits per heavy atom. The molecule has 0 unspecified atom stereocenters. The standard InChI is InChI=1S/C27H23N4/c1-4-24-20-11-7-5-9-18(20)22-13-23-19-10-6-8-12-21(19)27-15-29(3)17-31(27)26(23)14-25(22)30(24)16-28-2/h4-17H,1-3H3/q+1/b24-4-,28-16?. The van der Waals surface area contributed by atoms with E-state index in [1.54, 1.807) is 0 Å². The molecule has 150 valence electrons. The number of aryl methyl sites for hydroxylation is 1. The van der Waals surface area contributed by atoms with E-state index in [1.807, 2.05) is 13.4 Å². The lowest BCUT2D eigenvalue weighted by atomic mass is 9.89. The summed E-state index contributed by atoms with van der Waals surface area (Å²) in [5.41, 5.74) is 8.43. The van der Waals surface area contributed by atoms with Crippen molar-refractivity contribution in [3.05, 3.63) is 84.8 Å². The van der Waals surface area contributed by atoms with Crippen molar-refractivity contribution >= 4 is 44.9 Å². The highest BCUT2D eigenvalue weighted by molar-refractivity contribution is 6.17. The van der Waals surface area contributed by atoms with Crippen LogP contribution in [0.1, 0.15) is 12.5 Å². The van der Waals surface area contributed by atoms with Crippen molar-refractivity contribution in [2.24, 2.45) is 12.0 Å². The second-order valence-electron chi connectivity index (χ2n) is 8.06. The van der Waals surface area contributed by atoms with Crippen LogP contribution in [0.4, 0.5) is 5.69 Å². The fraction of sp³-hybridized carbons (Fsp3) is 0.111. The molecule has 0 saturated carbocycles. The highest BCUT2D eigenvalue weighted by Gasteiger charge is 2.27. The number of allylic oxidation sites excluding steroid dienone is 1. The summed E-state index contributed by atoms with van der Waals surface area (Å²) >= 11 is 0. The molecule has 0 aliphatic carbocycles. The van der Waals surface area contributed by atoms with Gasteiger partial charge in [-0.15, -0.1) is 0 Å². The van der Waals surface area contributed by atoms with Crippen LogP contribution < -0.4 is 9.47 Å². The SMILES string of the molecule is C/C=C1/c2ccccc2-c2cc3c4ccccc4c4c[n+](C)cn4c3cc2N1C=NC. The van der Waals surface area contributed by atoms with Crippen LogP contribution in [0.5, 0.6) is 0 Å². The van der Waals surface area contributed by atoms with Gasteiger partial charge in [0.25, 0.3) is 0 Å². The zero-order chi connectivity index (χ0) is 21.1. The van der Waals surface area contributed by atoms with Crippen LogP contribution in [-0.4, -0.2) is 17.8 Å². The Morgan fingerprint density at radius 1 is 0.839 bits per heavy atom. The summed E-state index contributed by atoms with van der Waals surface area (Å²) in [5.74, 6) is 0. The maximum atomic E-state index is 4.37. The summed E-state index contributed by atoms with van der Waals surface area (Å²) in [7, 11) is 3.91. The molecule has 0 fully saturated rings. The summed E-state index contributed by atoms with van der Waals surface area (Å²) in [4.78, 5) is 6.58. The van der Waals surface area contributed by atoms with Gasteiger partial charge in [0.2, 0.25) is 6.33 Å². The predicted molar refractivity (Wildman–Crippen MR) is 130 cm³/mol. The van der Waals surface area contributed by atoms with Crippen LogP contribution in [0.15, 0.2) is 84.3 Å². The molecule has 0 radical (unpaired) electrons. The van der Waals surface area contributed by atoms with E-state index in [-0.39, 0.29) is 0 Å². The molecule has 4 nitrogen and oxygen atoms in total. The van der Waals surface area contributed by atoms with Crippen LogP contribution in [0.2, 0.25) is 0 Å². The smallest absolute Gasteiger partial charge is 0.249 e. The fourth-order valence-corrected chi connectivity index (χ4v) is 5.01. The maximum Gasteiger partial charge on any atom is 0.249 e. The van der Waals surface area contributed by atoms with Crippen molar-refractivity contribution in [2.45, 2.75) is 6.92 Å². The number of imidazole rings is 1. The van der Waals surface area contributed by atoms with Gasteiger partial charge in [-0.05, 0) is 30.0 Å². The van der Waals surface area contributed by atoms with Gasteiger partial charge in [-0.25, -0.2) is 4.57 Å². The highest BCUT2D eigenvalue weighted by Crippen LogP contribution is 2.46. The molecule has 0 N–H and O–H groups in total. The molecule has 3 aromatic carbocycles. The average Bonchev–Trinajstić information content (AvgIpc) is 3.20. The van der Waals surface area contributed by atoms with E-state index >= 15 is 0 Å². The number of anilines is 1. The molecular weight excluding hydrogens is 380 g/mol. The number of pyridine rings is 1. The van der Waals surface area contributed by atoms with Crippen molar-refractivity contribution in [1.82, 2.24) is 4.40 Å². The Labute approximate surface area is 181 Å². The van der Waals surface area contributed by atoms with Crippen molar-refractivity contribution < 1.29 is 4.57 Å². The second kappa shape index (κ2) is 6.54. The zero-order valence-electron chi connectivity index (χ0n) is 17.9. The third-order valence-electron chi connectivity index (χ3n) is 6.27. The summed E-state index contributed by atoms with van der Waals surface area (Å²) in [6.45, 7) is 2.09. The van der Waals surface area contributed by atoms with Gasteiger partial charge in [0.1, 0.15) is 11.7 Å². The van der Waals surface area contributed by atoms with Crippen LogP contribution in [0.3, 0.4) is 0 Å². The van der Waals surface area contributed by atoms with E-state index in [1.165, 1.54) is 43.9 Å². The van der Waals surface area contributed by atoms with E-state index in [9.17, 15) is 0 Å². The molecule has 2 aromatic heterocycles. The normalized spacial score (nSPS) is 14.8. The Balaban J connectivity index is 1.84. The fourth-order valence-electron chi connectivity index (χ4n) is 5.01. The summed E-state index contributed by atoms with van der Waals surface area (Å²) < 4.78 is 4.42. The first-order valence-corrected chi connectivity index (χ1v) is 10.5. The number of fused-ring (bicyclic) bond motifs is 9. The average molecular weight is 404 g/mol. The molecule has 3 heterocycles. The second-order valence-corrected chi connectivity index (χ2v) is 8.06. The van der Waals surface area contributed by atoms with Gasteiger partial charge in [0.15, 0.2) is 5.52 Å². The van der Waals surface area contributed by atoms with Gasteiger partial charge in [-0.2, -0.15) is 4.40 Å². The highest BCUT2D eigenvalue weighted by atomic mass is 15.2. The number of benzene rings is 3. The van der Waals surface area contributed by atoms with Gasteiger partial charge in [-0.3, -0.25) is 4.99 Å². The Bertz CT molecular complexity index is 1570.